The zero-order valence-electron chi connectivity index (χ0n) is 39.3. The van der Waals surface area contributed by atoms with E-state index in [1.807, 2.05) is 152 Å². The van der Waals surface area contributed by atoms with Gasteiger partial charge >= 0.3 is 333 Å². The van der Waals surface area contributed by atoms with Gasteiger partial charge in [0.05, 0.1) is 0 Å². The molecular weight excluding hydrogens is 971 g/mol. The number of esters is 1. The summed E-state index contributed by atoms with van der Waals surface area (Å²) in [6.07, 6.45) is -7.76. The standard InChI is InChI=1S/C54H61ClO13Se/c1-53(57-3)54(2,58-4)68-50-48(67-53)46(66-44(56)30-55)43(65-52(50)69-41-28-18-9-19-29-41)36-63-51-49(62-34-40-26-16-8-17-27-40)47(61-33-39-24-14-7-15-25-39)45(60-32-38-22-12-6-13-23-38)42(64-51)35-59-31-37-20-10-5-11-21-37/h5-29,42-43,45-52H,30-36H2,1-4H3/t42-,43-,45+,46+,47+,48+,49-,50-,51-,52+,53-,54-/m1/s1. The zero-order chi connectivity index (χ0) is 48.1. The van der Waals surface area contributed by atoms with Crippen LogP contribution in [0.25, 0.3) is 0 Å². The maximum absolute atomic E-state index is 13.3. The average Bonchev–Trinajstić information content (AvgIpc) is 3.39. The van der Waals surface area contributed by atoms with Gasteiger partial charge in [0.2, 0.25) is 0 Å². The van der Waals surface area contributed by atoms with Crippen LogP contribution < -0.4 is 4.46 Å². The number of halogens is 1. The minimum atomic E-state index is -1.44. The molecule has 0 aliphatic carbocycles. The molecule has 368 valence electrons. The Hall–Kier alpha value is -4.06. The predicted molar refractivity (Wildman–Crippen MR) is 257 cm³/mol. The van der Waals surface area contributed by atoms with Crippen molar-refractivity contribution in [2.45, 2.75) is 112 Å². The number of fused-ring (bicyclic) bond motifs is 1. The third kappa shape index (κ3) is 13.1. The molecule has 13 nitrogen and oxygen atoms in total. The molecule has 3 heterocycles. The van der Waals surface area contributed by atoms with Crippen molar-refractivity contribution >= 4 is 37.0 Å². The van der Waals surface area contributed by atoms with E-state index < -0.39 is 83.5 Å². The van der Waals surface area contributed by atoms with Gasteiger partial charge in [0.25, 0.3) is 0 Å². The van der Waals surface area contributed by atoms with Gasteiger partial charge in [0.15, 0.2) is 0 Å². The molecule has 0 radical (unpaired) electrons. The molecule has 0 spiro atoms. The first kappa shape index (κ1) is 51.3. The Morgan fingerprint density at radius 2 is 0.986 bits per heavy atom. The van der Waals surface area contributed by atoms with E-state index in [1.54, 1.807) is 13.8 Å². The summed E-state index contributed by atoms with van der Waals surface area (Å²) in [5, 5.41) is -0.574. The molecule has 3 saturated heterocycles. The molecule has 8 rings (SSSR count). The van der Waals surface area contributed by atoms with Gasteiger partial charge < -0.3 is 0 Å². The monoisotopic (exact) mass is 1030 g/mol. The number of alkyl halides is 1. The Morgan fingerprint density at radius 3 is 1.49 bits per heavy atom. The molecule has 0 N–H and O–H groups in total. The molecule has 0 bridgehead atoms. The second kappa shape index (κ2) is 24.9. The van der Waals surface area contributed by atoms with Crippen LogP contribution >= 0.6 is 11.6 Å². The fraction of sp³-hybridized carbons (Fsp3) is 0.426. The van der Waals surface area contributed by atoms with Crippen molar-refractivity contribution < 1.29 is 61.6 Å². The predicted octanol–water partition coefficient (Wildman–Crippen LogP) is 7.12. The number of hydrogen-bond donors (Lipinski definition) is 0. The summed E-state index contributed by atoms with van der Waals surface area (Å²) in [6, 6.07) is 49.7. The normalized spacial score (nSPS) is 30.0. The van der Waals surface area contributed by atoms with Crippen molar-refractivity contribution in [3.63, 3.8) is 0 Å². The fourth-order valence-corrected chi connectivity index (χ4v) is 11.0. The van der Waals surface area contributed by atoms with E-state index in [0.717, 1.165) is 26.7 Å². The number of benzene rings is 5. The van der Waals surface area contributed by atoms with Crippen molar-refractivity contribution in [3.05, 3.63) is 174 Å². The van der Waals surface area contributed by atoms with Crippen LogP contribution in [0.15, 0.2) is 152 Å². The molecule has 12 atom stereocenters. The third-order valence-electron chi connectivity index (χ3n) is 12.6. The van der Waals surface area contributed by atoms with Crippen molar-refractivity contribution in [1.82, 2.24) is 0 Å². The number of carbonyl (C=O) groups is 1. The van der Waals surface area contributed by atoms with Gasteiger partial charge in [-0.25, -0.2) is 0 Å². The van der Waals surface area contributed by atoms with Gasteiger partial charge in [-0.3, -0.25) is 0 Å². The number of ether oxygens (including phenoxy) is 12. The van der Waals surface area contributed by atoms with Crippen LogP contribution in [-0.2, 0) is 88.1 Å². The topological polar surface area (TPSA) is 128 Å². The summed E-state index contributed by atoms with van der Waals surface area (Å²) in [4.78, 5) is 13.3. The molecule has 5 aromatic carbocycles. The maximum atomic E-state index is 13.3. The van der Waals surface area contributed by atoms with Crippen LogP contribution in [-0.4, -0.2) is 126 Å². The Kier molecular flexibility index (Phi) is 18.5. The van der Waals surface area contributed by atoms with Crippen LogP contribution in [0.4, 0.5) is 0 Å². The molecule has 15 heteroatoms. The third-order valence-corrected chi connectivity index (χ3v) is 15.2. The molecule has 0 saturated carbocycles. The van der Waals surface area contributed by atoms with Gasteiger partial charge in [0.1, 0.15) is 0 Å². The van der Waals surface area contributed by atoms with Gasteiger partial charge in [-0.2, -0.15) is 0 Å². The van der Waals surface area contributed by atoms with E-state index in [0.29, 0.717) is 6.61 Å². The molecule has 0 aromatic heterocycles. The molecule has 3 aliphatic heterocycles. The number of methoxy groups -OCH3 is 2. The van der Waals surface area contributed by atoms with Crippen LogP contribution in [0.3, 0.4) is 0 Å². The van der Waals surface area contributed by atoms with E-state index in [-0.39, 0.29) is 48.0 Å². The van der Waals surface area contributed by atoms with Crippen molar-refractivity contribution in [1.29, 1.82) is 0 Å². The summed E-state index contributed by atoms with van der Waals surface area (Å²) in [7, 11) is 3.04. The van der Waals surface area contributed by atoms with Gasteiger partial charge in [-0.05, 0) is 0 Å². The van der Waals surface area contributed by atoms with E-state index in [1.165, 1.54) is 14.2 Å². The van der Waals surface area contributed by atoms with Gasteiger partial charge in [0, 0.05) is 0 Å². The summed E-state index contributed by atoms with van der Waals surface area (Å²) in [6.45, 7) is 4.52. The molecule has 0 unspecified atom stereocenters. The van der Waals surface area contributed by atoms with E-state index in [2.05, 4.69) is 0 Å². The van der Waals surface area contributed by atoms with Crippen molar-refractivity contribution in [3.8, 4) is 0 Å². The molecule has 3 aliphatic rings. The average molecular weight is 1030 g/mol. The van der Waals surface area contributed by atoms with E-state index in [9.17, 15) is 4.79 Å². The van der Waals surface area contributed by atoms with Gasteiger partial charge in [-0.1, -0.05) is 84.9 Å². The molecular formula is C54H61ClO13Se. The molecule has 0 amide bonds. The molecule has 69 heavy (non-hydrogen) atoms. The first-order valence-corrected chi connectivity index (χ1v) is 25.5. The number of hydrogen-bond acceptors (Lipinski definition) is 13. The Morgan fingerprint density at radius 1 is 0.536 bits per heavy atom. The van der Waals surface area contributed by atoms with Crippen LogP contribution in [0, 0.1) is 0 Å². The minimum absolute atomic E-state index is 0.130. The Labute approximate surface area is 416 Å². The van der Waals surface area contributed by atoms with Crippen LogP contribution in [0.2, 0.25) is 0 Å². The summed E-state index contributed by atoms with van der Waals surface area (Å²) in [5.41, 5.74) is 3.88. The molecule has 5 aromatic rings. The van der Waals surface area contributed by atoms with Crippen LogP contribution in [0.5, 0.6) is 0 Å². The number of carbonyl (C=O) groups excluding carboxylic acids is 1. The van der Waals surface area contributed by atoms with Gasteiger partial charge in [-0.15, -0.1) is 0 Å². The van der Waals surface area contributed by atoms with E-state index >= 15 is 0 Å². The Balaban J connectivity index is 1.15. The number of rotatable bonds is 22. The quantitative estimate of drug-likeness (QED) is 0.0397. The first-order valence-electron chi connectivity index (χ1n) is 23.1. The van der Waals surface area contributed by atoms with Crippen LogP contribution in [0.1, 0.15) is 36.1 Å². The SMILES string of the molecule is CO[C@]1(C)O[C@H]2[C@@H](OC(=O)CCl)[C@@H](CO[C@@H]3O[C@H](COCc4ccccc4)[C@H](OCc4ccccc4)[C@H](OCc4ccccc4)[C@H]3OCc3ccccc3)O[C@@H]([Se]c3ccccc3)[C@@H]2O[C@@]1(C)OC. The molecule has 3 fully saturated rings. The van der Waals surface area contributed by atoms with Crippen molar-refractivity contribution in [2.24, 2.45) is 0 Å². The van der Waals surface area contributed by atoms with E-state index in [4.69, 9.17) is 68.4 Å². The first-order chi connectivity index (χ1) is 33.7. The second-order valence-electron chi connectivity index (χ2n) is 17.2. The summed E-state index contributed by atoms with van der Waals surface area (Å²) >= 11 is 5.77. The summed E-state index contributed by atoms with van der Waals surface area (Å²) < 4.78 is 80.8. The van der Waals surface area contributed by atoms with Crippen molar-refractivity contribution in [2.75, 3.05) is 33.3 Å². The fourth-order valence-electron chi connectivity index (χ4n) is 8.60. The summed E-state index contributed by atoms with van der Waals surface area (Å²) in [5.74, 6) is -3.89. The second-order valence-corrected chi connectivity index (χ2v) is 19.9. The zero-order valence-corrected chi connectivity index (χ0v) is 41.7. The Bertz CT molecular complexity index is 2290.